The Bertz CT molecular complexity index is 502. The zero-order chi connectivity index (χ0) is 13.6. The minimum Gasteiger partial charge on any atom is -0.296 e. The minimum atomic E-state index is -0.171. The second kappa shape index (κ2) is 4.17. The predicted octanol–water partition coefficient (Wildman–Crippen LogP) is 1.13. The molecule has 2 fully saturated rings. The summed E-state index contributed by atoms with van der Waals surface area (Å²) in [5.41, 5.74) is 1.05. The number of hydrogen-bond donors (Lipinski definition) is 1. The molecule has 0 bridgehead atoms. The van der Waals surface area contributed by atoms with Crippen molar-refractivity contribution < 1.29 is 9.59 Å². The van der Waals surface area contributed by atoms with Crippen LogP contribution in [0, 0.1) is 11.8 Å². The Hall–Kier alpha value is -1.68. The molecule has 4 nitrogen and oxygen atoms in total. The predicted molar refractivity (Wildman–Crippen MR) is 71.2 cm³/mol. The molecule has 2 aliphatic rings. The van der Waals surface area contributed by atoms with Crippen molar-refractivity contribution >= 4 is 11.8 Å². The first-order valence-electron chi connectivity index (χ1n) is 6.65. The Morgan fingerprint density at radius 1 is 1.05 bits per heavy atom. The topological polar surface area (TPSA) is 49.4 Å². The average molecular weight is 258 g/mol. The van der Waals surface area contributed by atoms with E-state index in [-0.39, 0.29) is 29.2 Å². The maximum absolute atomic E-state index is 11.7. The first-order chi connectivity index (χ1) is 9.00. The molecule has 100 valence electrons. The van der Waals surface area contributed by atoms with Gasteiger partial charge in [0, 0.05) is 18.6 Å². The molecular weight excluding hydrogens is 240 g/mol. The molecule has 0 aliphatic carbocycles. The highest BCUT2D eigenvalue weighted by molar-refractivity contribution is 6.05. The van der Waals surface area contributed by atoms with Gasteiger partial charge in [0.15, 0.2) is 0 Å². The standard InChI is InChI=1S/C15H18N2O2/c1-15(2,10-6-4-3-5-7-10)17-8-11-12(9-17)14(19)16-13(11)18/h3-7,11-12H,8-9H2,1-2H3,(H,16,18,19). The average Bonchev–Trinajstić information content (AvgIpc) is 2.94. The van der Waals surface area contributed by atoms with Gasteiger partial charge in [0.05, 0.1) is 11.8 Å². The van der Waals surface area contributed by atoms with Crippen LogP contribution in [0.5, 0.6) is 0 Å². The van der Waals surface area contributed by atoms with E-state index >= 15 is 0 Å². The van der Waals surface area contributed by atoms with Gasteiger partial charge >= 0.3 is 0 Å². The molecule has 19 heavy (non-hydrogen) atoms. The molecule has 4 heteroatoms. The highest BCUT2D eigenvalue weighted by atomic mass is 16.2. The van der Waals surface area contributed by atoms with Crippen molar-refractivity contribution in [1.82, 2.24) is 10.2 Å². The van der Waals surface area contributed by atoms with Crippen LogP contribution in [0.4, 0.5) is 0 Å². The van der Waals surface area contributed by atoms with Crippen LogP contribution in [0.15, 0.2) is 30.3 Å². The van der Waals surface area contributed by atoms with Gasteiger partial charge in [-0.05, 0) is 19.4 Å². The summed E-state index contributed by atoms with van der Waals surface area (Å²) >= 11 is 0. The number of imide groups is 1. The second-order valence-corrected chi connectivity index (χ2v) is 5.90. The molecule has 2 unspecified atom stereocenters. The first-order valence-corrected chi connectivity index (χ1v) is 6.65. The van der Waals surface area contributed by atoms with Crippen LogP contribution in [0.1, 0.15) is 19.4 Å². The molecule has 0 aromatic heterocycles. The maximum atomic E-state index is 11.7. The summed E-state index contributed by atoms with van der Waals surface area (Å²) in [4.78, 5) is 25.7. The minimum absolute atomic E-state index is 0.110. The number of benzene rings is 1. The van der Waals surface area contributed by atoms with Crippen molar-refractivity contribution in [3.8, 4) is 0 Å². The largest absolute Gasteiger partial charge is 0.296 e. The molecule has 2 saturated heterocycles. The molecule has 2 heterocycles. The number of amides is 2. The zero-order valence-corrected chi connectivity index (χ0v) is 11.2. The maximum Gasteiger partial charge on any atom is 0.231 e. The molecule has 1 N–H and O–H groups in total. The van der Waals surface area contributed by atoms with Crippen molar-refractivity contribution in [2.24, 2.45) is 11.8 Å². The third kappa shape index (κ3) is 1.87. The van der Waals surface area contributed by atoms with Crippen LogP contribution in [0.2, 0.25) is 0 Å². The van der Waals surface area contributed by atoms with Crippen molar-refractivity contribution in [3.63, 3.8) is 0 Å². The van der Waals surface area contributed by atoms with Crippen molar-refractivity contribution in [2.75, 3.05) is 13.1 Å². The summed E-state index contributed by atoms with van der Waals surface area (Å²) in [6, 6.07) is 10.2. The molecule has 2 aliphatic heterocycles. The van der Waals surface area contributed by atoms with Crippen molar-refractivity contribution in [2.45, 2.75) is 19.4 Å². The Balaban J connectivity index is 1.85. The van der Waals surface area contributed by atoms with E-state index in [1.165, 1.54) is 5.56 Å². The Labute approximate surface area is 112 Å². The van der Waals surface area contributed by atoms with Gasteiger partial charge in [0.25, 0.3) is 0 Å². The van der Waals surface area contributed by atoms with Crippen molar-refractivity contribution in [3.05, 3.63) is 35.9 Å². The van der Waals surface area contributed by atoms with Gasteiger partial charge in [-0.3, -0.25) is 19.8 Å². The van der Waals surface area contributed by atoms with Crippen LogP contribution in [0.3, 0.4) is 0 Å². The molecule has 2 amide bonds. The lowest BCUT2D eigenvalue weighted by Crippen LogP contribution is -2.42. The van der Waals surface area contributed by atoms with E-state index in [1.54, 1.807) is 0 Å². The lowest BCUT2D eigenvalue weighted by molar-refractivity contribution is -0.127. The molecule has 1 aromatic rings. The van der Waals surface area contributed by atoms with Gasteiger partial charge < -0.3 is 0 Å². The fourth-order valence-corrected chi connectivity index (χ4v) is 3.13. The Morgan fingerprint density at radius 2 is 1.58 bits per heavy atom. The highest BCUT2D eigenvalue weighted by Crippen LogP contribution is 2.37. The van der Waals surface area contributed by atoms with E-state index < -0.39 is 0 Å². The van der Waals surface area contributed by atoms with E-state index in [9.17, 15) is 9.59 Å². The molecule has 0 radical (unpaired) electrons. The van der Waals surface area contributed by atoms with Gasteiger partial charge in [0.1, 0.15) is 0 Å². The number of nitrogens with zero attached hydrogens (tertiary/aromatic N) is 1. The van der Waals surface area contributed by atoms with E-state index in [4.69, 9.17) is 0 Å². The van der Waals surface area contributed by atoms with Crippen LogP contribution < -0.4 is 5.32 Å². The smallest absolute Gasteiger partial charge is 0.231 e. The van der Waals surface area contributed by atoms with Crippen LogP contribution >= 0.6 is 0 Å². The monoisotopic (exact) mass is 258 g/mol. The quantitative estimate of drug-likeness (QED) is 0.809. The van der Waals surface area contributed by atoms with Crippen LogP contribution in [-0.2, 0) is 15.1 Å². The summed E-state index contributed by atoms with van der Waals surface area (Å²) in [7, 11) is 0. The molecule has 1 aromatic carbocycles. The summed E-state index contributed by atoms with van der Waals surface area (Å²) in [5.74, 6) is -0.561. The second-order valence-electron chi connectivity index (χ2n) is 5.90. The van der Waals surface area contributed by atoms with E-state index in [0.29, 0.717) is 13.1 Å². The fourth-order valence-electron chi connectivity index (χ4n) is 3.13. The lowest BCUT2D eigenvalue weighted by Gasteiger charge is -2.36. The lowest BCUT2D eigenvalue weighted by atomic mass is 9.92. The zero-order valence-electron chi connectivity index (χ0n) is 11.2. The molecule has 2 atom stereocenters. The van der Waals surface area contributed by atoms with Gasteiger partial charge in [-0.25, -0.2) is 0 Å². The third-order valence-electron chi connectivity index (χ3n) is 4.51. The number of fused-ring (bicyclic) bond motifs is 1. The van der Waals surface area contributed by atoms with E-state index in [0.717, 1.165) is 0 Å². The normalized spacial score (nSPS) is 27.5. The fraction of sp³-hybridized carbons (Fsp3) is 0.467. The molecule has 3 rings (SSSR count). The Morgan fingerprint density at radius 3 is 2.11 bits per heavy atom. The molecule has 0 saturated carbocycles. The third-order valence-corrected chi connectivity index (χ3v) is 4.51. The molecular formula is C15H18N2O2. The molecule has 0 spiro atoms. The number of carbonyl (C=O) groups excluding carboxylic acids is 2. The first kappa shape index (κ1) is 12.4. The van der Waals surface area contributed by atoms with Gasteiger partial charge in [-0.15, -0.1) is 0 Å². The van der Waals surface area contributed by atoms with E-state index in [2.05, 4.69) is 36.2 Å². The number of nitrogens with one attached hydrogen (secondary N) is 1. The van der Waals surface area contributed by atoms with Gasteiger partial charge in [0.2, 0.25) is 11.8 Å². The number of hydrogen-bond acceptors (Lipinski definition) is 3. The summed E-state index contributed by atoms with van der Waals surface area (Å²) in [6.45, 7) is 5.60. The van der Waals surface area contributed by atoms with Gasteiger partial charge in [-0.2, -0.15) is 0 Å². The number of carbonyl (C=O) groups is 2. The SMILES string of the molecule is CC(C)(c1ccccc1)N1CC2C(=O)NC(=O)C2C1. The number of rotatable bonds is 2. The summed E-state index contributed by atoms with van der Waals surface area (Å²) in [5, 5.41) is 2.43. The summed E-state index contributed by atoms with van der Waals surface area (Å²) in [6.07, 6.45) is 0. The summed E-state index contributed by atoms with van der Waals surface area (Å²) < 4.78 is 0. The Kier molecular flexibility index (Phi) is 2.71. The highest BCUT2D eigenvalue weighted by Gasteiger charge is 2.50. The van der Waals surface area contributed by atoms with Gasteiger partial charge in [-0.1, -0.05) is 30.3 Å². The van der Waals surface area contributed by atoms with Crippen LogP contribution in [-0.4, -0.2) is 29.8 Å². The number of likely N-dealkylation sites (tertiary alicyclic amines) is 1. The van der Waals surface area contributed by atoms with Crippen LogP contribution in [0.25, 0.3) is 0 Å². The van der Waals surface area contributed by atoms with E-state index in [1.807, 2.05) is 18.2 Å². The van der Waals surface area contributed by atoms with Crippen molar-refractivity contribution in [1.29, 1.82) is 0 Å².